The number of nitrogens with one attached hydrogen (secondary N) is 2. The summed E-state index contributed by atoms with van der Waals surface area (Å²) in [5, 5.41) is 0. The lowest BCUT2D eigenvalue weighted by Crippen LogP contribution is -2.41. The first-order valence-corrected chi connectivity index (χ1v) is 9.47. The number of amides is 2. The smallest absolute Gasteiger partial charge is 0.272 e. The maximum Gasteiger partial charge on any atom is 0.272 e. The van der Waals surface area contributed by atoms with Crippen molar-refractivity contribution in [1.82, 2.24) is 10.9 Å². The average molecular weight is 453 g/mol. The Labute approximate surface area is 171 Å². The number of methoxy groups -OCH3 is 1. The largest absolute Gasteiger partial charge is 0.493 e. The maximum atomic E-state index is 13.8. The lowest BCUT2D eigenvalue weighted by Gasteiger charge is -2.13. The zero-order valence-electron chi connectivity index (χ0n) is 15.8. The zero-order valence-corrected chi connectivity index (χ0v) is 17.4. The summed E-state index contributed by atoms with van der Waals surface area (Å²) < 4.78 is 25.3. The Hall–Kier alpha value is -2.61. The normalized spacial score (nSPS) is 10.5. The van der Waals surface area contributed by atoms with E-state index in [1.165, 1.54) is 31.4 Å². The summed E-state index contributed by atoms with van der Waals surface area (Å²) in [6.07, 6.45) is 0.893. The Kier molecular flexibility index (Phi) is 7.80. The molecule has 0 heterocycles. The molecule has 0 aliphatic heterocycles. The highest BCUT2D eigenvalue weighted by atomic mass is 79.9. The van der Waals surface area contributed by atoms with Gasteiger partial charge in [0, 0.05) is 10.0 Å². The predicted octanol–water partition coefficient (Wildman–Crippen LogP) is 4.10. The molecule has 0 saturated carbocycles. The van der Waals surface area contributed by atoms with Crippen LogP contribution in [0.15, 0.2) is 40.9 Å². The summed E-state index contributed by atoms with van der Waals surface area (Å²) in [6, 6.07) is 8.70. The van der Waals surface area contributed by atoms with Gasteiger partial charge in [0.15, 0.2) is 11.5 Å². The minimum absolute atomic E-state index is 0.185. The predicted molar refractivity (Wildman–Crippen MR) is 107 cm³/mol. The van der Waals surface area contributed by atoms with Crippen LogP contribution in [0, 0.1) is 11.7 Å². The van der Waals surface area contributed by atoms with Crippen LogP contribution in [-0.4, -0.2) is 25.5 Å². The van der Waals surface area contributed by atoms with E-state index in [9.17, 15) is 14.0 Å². The summed E-state index contributed by atoms with van der Waals surface area (Å²) in [4.78, 5) is 24.3. The molecule has 28 heavy (non-hydrogen) atoms. The average Bonchev–Trinajstić information content (AvgIpc) is 2.65. The van der Waals surface area contributed by atoms with Gasteiger partial charge in [-0.15, -0.1) is 0 Å². The Balaban J connectivity index is 2.00. The lowest BCUT2D eigenvalue weighted by atomic mass is 10.1. The van der Waals surface area contributed by atoms with Crippen molar-refractivity contribution in [2.45, 2.75) is 20.3 Å². The zero-order chi connectivity index (χ0) is 20.7. The van der Waals surface area contributed by atoms with Crippen LogP contribution in [0.2, 0.25) is 0 Å². The Morgan fingerprint density at radius 2 is 1.79 bits per heavy atom. The number of hydrogen-bond donors (Lipinski definition) is 2. The molecular weight excluding hydrogens is 431 g/mol. The van der Waals surface area contributed by atoms with Crippen LogP contribution in [0.4, 0.5) is 4.39 Å². The molecule has 2 aromatic rings. The van der Waals surface area contributed by atoms with Crippen LogP contribution >= 0.6 is 15.9 Å². The fraction of sp³-hybridized carbons (Fsp3) is 0.300. The topological polar surface area (TPSA) is 76.7 Å². The van der Waals surface area contributed by atoms with Crippen molar-refractivity contribution in [3.05, 3.63) is 57.8 Å². The molecule has 0 atom stereocenters. The molecule has 150 valence electrons. The van der Waals surface area contributed by atoms with E-state index in [0.29, 0.717) is 28.5 Å². The minimum atomic E-state index is -0.765. The Bertz CT molecular complexity index is 858. The van der Waals surface area contributed by atoms with Crippen LogP contribution < -0.4 is 20.3 Å². The van der Waals surface area contributed by atoms with Gasteiger partial charge in [0.2, 0.25) is 0 Å². The van der Waals surface area contributed by atoms with Crippen LogP contribution in [-0.2, 0) is 0 Å². The standard InChI is InChI=1S/C20H22BrFN2O4/c1-12(2)8-9-28-17-7-4-13(10-18(17)27-3)19(25)23-24-20(26)15-6-5-14(21)11-16(15)22/h4-7,10-12H,8-9H2,1-3H3,(H,23,25)(H,24,26). The molecule has 0 fully saturated rings. The quantitative estimate of drug-likeness (QED) is 0.620. The molecule has 0 spiro atoms. The van der Waals surface area contributed by atoms with E-state index < -0.39 is 17.6 Å². The second-order valence-corrected chi connectivity index (χ2v) is 7.34. The molecule has 6 nitrogen and oxygen atoms in total. The Morgan fingerprint density at radius 1 is 1.07 bits per heavy atom. The molecule has 0 aliphatic rings. The fourth-order valence-electron chi connectivity index (χ4n) is 2.26. The first kappa shape index (κ1) is 21.7. The molecular formula is C20H22BrFN2O4. The van der Waals surface area contributed by atoms with Gasteiger partial charge in [-0.25, -0.2) is 4.39 Å². The highest BCUT2D eigenvalue weighted by molar-refractivity contribution is 9.10. The van der Waals surface area contributed by atoms with E-state index in [1.807, 2.05) is 0 Å². The van der Waals surface area contributed by atoms with Crippen molar-refractivity contribution in [3.8, 4) is 11.5 Å². The molecule has 2 aromatic carbocycles. The molecule has 0 bridgehead atoms. The molecule has 2 amide bonds. The number of ether oxygens (including phenoxy) is 2. The number of carbonyl (C=O) groups is 2. The third-order valence-corrected chi connectivity index (χ3v) is 4.34. The number of halogens is 2. The molecule has 0 saturated heterocycles. The van der Waals surface area contributed by atoms with Crippen LogP contribution in [0.1, 0.15) is 41.0 Å². The molecule has 0 aromatic heterocycles. The summed E-state index contributed by atoms with van der Waals surface area (Å²) in [6.45, 7) is 4.74. The number of benzene rings is 2. The number of carbonyl (C=O) groups excluding carboxylic acids is 2. The van der Waals surface area contributed by atoms with Crippen molar-refractivity contribution in [3.63, 3.8) is 0 Å². The van der Waals surface area contributed by atoms with E-state index in [0.717, 1.165) is 6.42 Å². The third-order valence-electron chi connectivity index (χ3n) is 3.84. The van der Waals surface area contributed by atoms with E-state index in [4.69, 9.17) is 9.47 Å². The van der Waals surface area contributed by atoms with Gasteiger partial charge >= 0.3 is 0 Å². The fourth-order valence-corrected chi connectivity index (χ4v) is 2.59. The molecule has 2 N–H and O–H groups in total. The Morgan fingerprint density at radius 3 is 2.43 bits per heavy atom. The second-order valence-electron chi connectivity index (χ2n) is 6.43. The molecule has 0 unspecified atom stereocenters. The number of hydrazine groups is 1. The monoisotopic (exact) mass is 452 g/mol. The first-order chi connectivity index (χ1) is 13.3. The maximum absolute atomic E-state index is 13.8. The molecule has 2 rings (SSSR count). The van der Waals surface area contributed by atoms with Gasteiger partial charge in [-0.2, -0.15) is 0 Å². The number of rotatable bonds is 7. The summed E-state index contributed by atoms with van der Waals surface area (Å²) in [5.74, 6) is -0.597. The highest BCUT2D eigenvalue weighted by Crippen LogP contribution is 2.28. The summed E-state index contributed by atoms with van der Waals surface area (Å²) >= 11 is 3.12. The van der Waals surface area contributed by atoms with E-state index in [2.05, 4.69) is 40.6 Å². The van der Waals surface area contributed by atoms with E-state index in [1.54, 1.807) is 12.1 Å². The summed E-state index contributed by atoms with van der Waals surface area (Å²) in [5.41, 5.74) is 4.51. The van der Waals surface area contributed by atoms with Gasteiger partial charge < -0.3 is 9.47 Å². The molecule has 0 radical (unpaired) electrons. The third kappa shape index (κ3) is 5.95. The van der Waals surface area contributed by atoms with Gasteiger partial charge in [-0.1, -0.05) is 29.8 Å². The lowest BCUT2D eigenvalue weighted by molar-refractivity contribution is 0.0844. The van der Waals surface area contributed by atoms with Crippen molar-refractivity contribution >= 4 is 27.7 Å². The van der Waals surface area contributed by atoms with Gasteiger partial charge in [0.05, 0.1) is 19.3 Å². The van der Waals surface area contributed by atoms with Crippen LogP contribution in [0.3, 0.4) is 0 Å². The first-order valence-electron chi connectivity index (χ1n) is 8.68. The molecule has 0 aliphatic carbocycles. The van der Waals surface area contributed by atoms with Crippen LogP contribution in [0.25, 0.3) is 0 Å². The minimum Gasteiger partial charge on any atom is -0.493 e. The summed E-state index contributed by atoms with van der Waals surface area (Å²) in [7, 11) is 1.48. The van der Waals surface area contributed by atoms with Crippen LogP contribution in [0.5, 0.6) is 11.5 Å². The van der Waals surface area contributed by atoms with E-state index in [-0.39, 0.29) is 11.1 Å². The van der Waals surface area contributed by atoms with Crippen molar-refractivity contribution < 1.29 is 23.5 Å². The van der Waals surface area contributed by atoms with Gasteiger partial charge in [0.25, 0.3) is 11.8 Å². The SMILES string of the molecule is COc1cc(C(=O)NNC(=O)c2ccc(Br)cc2F)ccc1OCCC(C)C. The van der Waals surface area contributed by atoms with Crippen molar-refractivity contribution in [2.24, 2.45) is 5.92 Å². The van der Waals surface area contributed by atoms with Crippen molar-refractivity contribution in [1.29, 1.82) is 0 Å². The van der Waals surface area contributed by atoms with Gasteiger partial charge in [-0.05, 0) is 48.7 Å². The van der Waals surface area contributed by atoms with Gasteiger partial charge in [0.1, 0.15) is 5.82 Å². The van der Waals surface area contributed by atoms with E-state index >= 15 is 0 Å². The number of hydrogen-bond acceptors (Lipinski definition) is 4. The highest BCUT2D eigenvalue weighted by Gasteiger charge is 2.15. The van der Waals surface area contributed by atoms with Crippen molar-refractivity contribution in [2.75, 3.05) is 13.7 Å². The van der Waals surface area contributed by atoms with Gasteiger partial charge in [-0.3, -0.25) is 20.4 Å². The second kappa shape index (κ2) is 10.1. The molecule has 8 heteroatoms.